The van der Waals surface area contributed by atoms with E-state index in [0.717, 1.165) is 18.8 Å². The highest BCUT2D eigenvalue weighted by atomic mass is 127. The smallest absolute Gasteiger partial charge is 0.233 e. The van der Waals surface area contributed by atoms with E-state index in [-0.39, 0.29) is 59.5 Å². The summed E-state index contributed by atoms with van der Waals surface area (Å²) in [6.45, 7) is 5.33. The zero-order valence-corrected chi connectivity index (χ0v) is 21.3. The zero-order valence-electron chi connectivity index (χ0n) is 19.0. The molecular formula is C25H33IN4O2. The van der Waals surface area contributed by atoms with Crippen molar-refractivity contribution in [1.82, 2.24) is 15.5 Å². The number of carbonyl (C=O) groups is 2. The maximum Gasteiger partial charge on any atom is 0.233 e. The molecule has 5 rings (SSSR count). The van der Waals surface area contributed by atoms with Gasteiger partial charge in [-0.05, 0) is 41.7 Å². The molecule has 32 heavy (non-hydrogen) atoms. The Hall–Kier alpha value is -1.90. The summed E-state index contributed by atoms with van der Waals surface area (Å²) in [5.41, 5.74) is 2.73. The van der Waals surface area contributed by atoms with Gasteiger partial charge >= 0.3 is 0 Å². The van der Waals surface area contributed by atoms with Crippen molar-refractivity contribution in [3.63, 3.8) is 0 Å². The van der Waals surface area contributed by atoms with E-state index in [4.69, 9.17) is 0 Å². The van der Waals surface area contributed by atoms with Crippen LogP contribution in [0.15, 0.2) is 41.4 Å². The summed E-state index contributed by atoms with van der Waals surface area (Å²) >= 11 is 0. The summed E-state index contributed by atoms with van der Waals surface area (Å²) < 4.78 is 0. The average Bonchev–Trinajstić information content (AvgIpc) is 3.10. The van der Waals surface area contributed by atoms with Crippen LogP contribution in [0.1, 0.15) is 49.7 Å². The Morgan fingerprint density at radius 2 is 1.69 bits per heavy atom. The molecule has 6 unspecified atom stereocenters. The number of likely N-dealkylation sites (tertiary alicyclic amines) is 1. The molecule has 0 spiro atoms. The third-order valence-corrected chi connectivity index (χ3v) is 7.56. The summed E-state index contributed by atoms with van der Waals surface area (Å²) in [6, 6.07) is 9.29. The topological polar surface area (TPSA) is 73.8 Å². The number of allylic oxidation sites excluding steroid dienone is 2. The van der Waals surface area contributed by atoms with Crippen LogP contribution in [0, 0.1) is 23.7 Å². The summed E-state index contributed by atoms with van der Waals surface area (Å²) in [7, 11) is 1.75. The minimum atomic E-state index is -0.116. The van der Waals surface area contributed by atoms with Gasteiger partial charge in [-0.1, -0.05) is 50.3 Å². The molecule has 3 aliphatic carbocycles. The van der Waals surface area contributed by atoms with Gasteiger partial charge in [0, 0.05) is 32.1 Å². The largest absolute Gasteiger partial charge is 0.355 e. The number of benzene rings is 1. The quantitative estimate of drug-likeness (QED) is 0.188. The predicted molar refractivity (Wildman–Crippen MR) is 136 cm³/mol. The second-order valence-corrected chi connectivity index (χ2v) is 9.74. The summed E-state index contributed by atoms with van der Waals surface area (Å²) in [4.78, 5) is 31.4. The number of rotatable bonds is 6. The molecule has 1 aromatic carbocycles. The first kappa shape index (κ1) is 23.3. The average molecular weight is 548 g/mol. The molecule has 1 aliphatic heterocycles. The van der Waals surface area contributed by atoms with Gasteiger partial charge < -0.3 is 10.6 Å². The molecule has 0 aromatic heterocycles. The Morgan fingerprint density at radius 3 is 2.25 bits per heavy atom. The second kappa shape index (κ2) is 9.15. The fraction of sp³-hybridized carbons (Fsp3) is 0.560. The van der Waals surface area contributed by atoms with Crippen LogP contribution in [-0.2, 0) is 9.59 Å². The lowest BCUT2D eigenvalue weighted by Gasteiger charge is -2.18. The molecule has 1 aromatic rings. The van der Waals surface area contributed by atoms with Gasteiger partial charge in [0.05, 0.1) is 11.8 Å². The lowest BCUT2D eigenvalue weighted by Crippen LogP contribution is -2.44. The molecule has 3 fully saturated rings. The van der Waals surface area contributed by atoms with Gasteiger partial charge in [-0.2, -0.15) is 0 Å². The molecule has 2 bridgehead atoms. The van der Waals surface area contributed by atoms with Crippen molar-refractivity contribution in [2.24, 2.45) is 28.7 Å². The molecule has 4 aliphatic rings. The Bertz CT molecular complexity index is 912. The Kier molecular flexibility index (Phi) is 6.66. The highest BCUT2D eigenvalue weighted by Gasteiger charge is 2.58. The number of guanidine groups is 1. The van der Waals surface area contributed by atoms with Crippen molar-refractivity contribution in [3.8, 4) is 0 Å². The standard InChI is InChI=1S/C25H32N4O2.HI/c1-14(2)15-4-6-16(7-5-15)19-13-20(19)28-25(26-3)27-10-11-29-23(30)21-17-8-9-18(12-17)22(21)24(29)31;/h4-9,14,17-22H,10-13H2,1-3H3,(H2,26,27,28);1H. The molecule has 172 valence electrons. The maximum atomic E-state index is 12.8. The summed E-state index contributed by atoms with van der Waals surface area (Å²) in [6.07, 6.45) is 6.32. The number of imide groups is 1. The zero-order chi connectivity index (χ0) is 21.7. The normalized spacial score (nSPS) is 32.4. The third-order valence-electron chi connectivity index (χ3n) is 7.56. The third kappa shape index (κ3) is 4.08. The number of nitrogens with one attached hydrogen (secondary N) is 2. The Balaban J connectivity index is 0.00000245. The minimum absolute atomic E-state index is 0. The van der Waals surface area contributed by atoms with Crippen LogP contribution in [0.4, 0.5) is 0 Å². The first-order chi connectivity index (χ1) is 15.0. The second-order valence-electron chi connectivity index (χ2n) is 9.74. The number of halogens is 1. The van der Waals surface area contributed by atoms with Crippen LogP contribution in [0.5, 0.6) is 0 Å². The first-order valence-corrected chi connectivity index (χ1v) is 11.6. The van der Waals surface area contributed by atoms with E-state index in [9.17, 15) is 9.59 Å². The monoisotopic (exact) mass is 548 g/mol. The van der Waals surface area contributed by atoms with E-state index < -0.39 is 0 Å². The van der Waals surface area contributed by atoms with Crippen LogP contribution in [-0.4, -0.2) is 48.9 Å². The highest BCUT2D eigenvalue weighted by Crippen LogP contribution is 2.52. The van der Waals surface area contributed by atoms with Gasteiger partial charge in [0.2, 0.25) is 11.8 Å². The molecule has 2 saturated carbocycles. The molecule has 7 heteroatoms. The number of hydrogen-bond acceptors (Lipinski definition) is 3. The van der Waals surface area contributed by atoms with Gasteiger partial charge in [-0.15, -0.1) is 24.0 Å². The van der Waals surface area contributed by atoms with Gasteiger partial charge in [0.15, 0.2) is 5.96 Å². The molecular weight excluding hydrogens is 515 g/mol. The molecule has 1 saturated heterocycles. The maximum absolute atomic E-state index is 12.8. The van der Waals surface area contributed by atoms with E-state index >= 15 is 0 Å². The van der Waals surface area contributed by atoms with Crippen molar-refractivity contribution in [2.45, 2.75) is 44.6 Å². The van der Waals surface area contributed by atoms with Crippen molar-refractivity contribution in [3.05, 3.63) is 47.5 Å². The van der Waals surface area contributed by atoms with Gasteiger partial charge in [0.1, 0.15) is 0 Å². The first-order valence-electron chi connectivity index (χ1n) is 11.6. The minimum Gasteiger partial charge on any atom is -0.355 e. The number of carbonyl (C=O) groups excluding carboxylic acids is 2. The van der Waals surface area contributed by atoms with Crippen LogP contribution in [0.3, 0.4) is 0 Å². The summed E-state index contributed by atoms with van der Waals surface area (Å²) in [5, 5.41) is 6.76. The Labute approximate surface area is 207 Å². The predicted octanol–water partition coefficient (Wildman–Crippen LogP) is 3.26. The molecule has 2 N–H and O–H groups in total. The van der Waals surface area contributed by atoms with E-state index in [1.165, 1.54) is 16.0 Å². The Morgan fingerprint density at radius 1 is 1.06 bits per heavy atom. The van der Waals surface area contributed by atoms with Crippen LogP contribution < -0.4 is 10.6 Å². The SMILES string of the molecule is CN=C(NCCN1C(=O)C2C3C=CC(C3)C2C1=O)NC1CC1c1ccc(C(C)C)cc1.I. The molecule has 6 atom stereocenters. The molecule has 2 amide bonds. The van der Waals surface area contributed by atoms with Gasteiger partial charge in [-0.3, -0.25) is 19.5 Å². The van der Waals surface area contributed by atoms with Gasteiger partial charge in [0.25, 0.3) is 0 Å². The molecule has 0 radical (unpaired) electrons. The van der Waals surface area contributed by atoms with Crippen LogP contribution in [0.2, 0.25) is 0 Å². The van der Waals surface area contributed by atoms with E-state index in [0.29, 0.717) is 31.0 Å². The van der Waals surface area contributed by atoms with E-state index in [1.54, 1.807) is 7.05 Å². The number of amides is 2. The van der Waals surface area contributed by atoms with Crippen molar-refractivity contribution < 1.29 is 9.59 Å². The number of hydrogen-bond donors (Lipinski definition) is 2. The number of fused-ring (bicyclic) bond motifs is 5. The van der Waals surface area contributed by atoms with E-state index in [1.807, 2.05) is 0 Å². The van der Waals surface area contributed by atoms with Crippen molar-refractivity contribution in [2.75, 3.05) is 20.1 Å². The molecule has 1 heterocycles. The van der Waals surface area contributed by atoms with E-state index in [2.05, 4.69) is 65.9 Å². The number of nitrogens with zero attached hydrogens (tertiary/aromatic N) is 2. The lowest BCUT2D eigenvalue weighted by atomic mass is 9.85. The summed E-state index contributed by atoms with van der Waals surface area (Å²) in [5.74, 6) is 2.11. The van der Waals surface area contributed by atoms with Crippen molar-refractivity contribution in [1.29, 1.82) is 0 Å². The highest BCUT2D eigenvalue weighted by molar-refractivity contribution is 14.0. The van der Waals surface area contributed by atoms with Crippen LogP contribution in [0.25, 0.3) is 0 Å². The van der Waals surface area contributed by atoms with Crippen molar-refractivity contribution >= 4 is 41.8 Å². The fourth-order valence-electron chi connectivity index (χ4n) is 5.69. The number of aliphatic imine (C=N–C) groups is 1. The fourth-order valence-corrected chi connectivity index (χ4v) is 5.69. The van der Waals surface area contributed by atoms with Crippen LogP contribution >= 0.6 is 24.0 Å². The lowest BCUT2D eigenvalue weighted by molar-refractivity contribution is -0.140. The molecule has 6 nitrogen and oxygen atoms in total. The van der Waals surface area contributed by atoms with Gasteiger partial charge in [-0.25, -0.2) is 0 Å².